The Labute approximate surface area is 131 Å². The van der Waals surface area contributed by atoms with Crippen molar-refractivity contribution in [1.29, 1.82) is 0 Å². The quantitative estimate of drug-likeness (QED) is 0.557. The number of rotatable bonds is 2. The van der Waals surface area contributed by atoms with Crippen LogP contribution in [0.2, 0.25) is 0 Å². The Bertz CT molecular complexity index is 877. The summed E-state index contributed by atoms with van der Waals surface area (Å²) in [6, 6.07) is 4.34. The lowest BCUT2D eigenvalue weighted by Gasteiger charge is -2.06. The zero-order valence-corrected chi connectivity index (χ0v) is 12.4. The highest BCUT2D eigenvalue weighted by Gasteiger charge is 2.19. The molecule has 6 nitrogen and oxygen atoms in total. The minimum atomic E-state index is -0.559. The van der Waals surface area contributed by atoms with Crippen molar-refractivity contribution in [3.63, 3.8) is 0 Å². The molecule has 22 heavy (non-hydrogen) atoms. The van der Waals surface area contributed by atoms with Crippen LogP contribution in [0.4, 0.5) is 15.9 Å². The van der Waals surface area contributed by atoms with E-state index >= 15 is 0 Å². The molecule has 3 rings (SSSR count). The predicted molar refractivity (Wildman–Crippen MR) is 84.5 cm³/mol. The SMILES string of the molecule is CC(=O)c1cn2ncnc(N)c2c1-c1ccc(N)c(F)c1.Cl. The van der Waals surface area contributed by atoms with Gasteiger partial charge in [-0.2, -0.15) is 5.10 Å². The summed E-state index contributed by atoms with van der Waals surface area (Å²) in [4.78, 5) is 15.8. The van der Waals surface area contributed by atoms with Gasteiger partial charge in [-0.3, -0.25) is 4.79 Å². The standard InChI is InChI=1S/C14H12FN5O.ClH/c1-7(21)9-5-20-13(14(17)18-6-19-20)12(9)8-2-3-11(16)10(15)4-8;/h2-6H,16H2,1H3,(H2,17,18,19);1H. The Balaban J connectivity index is 0.00000176. The third-order valence-corrected chi connectivity index (χ3v) is 3.27. The summed E-state index contributed by atoms with van der Waals surface area (Å²) in [5.74, 6) is -0.520. The molecule has 4 N–H and O–H groups in total. The molecule has 0 saturated heterocycles. The minimum Gasteiger partial charge on any atom is -0.396 e. The molecule has 0 bridgehead atoms. The number of hydrogen-bond acceptors (Lipinski definition) is 5. The molecule has 0 amide bonds. The molecular weight excluding hydrogens is 309 g/mol. The van der Waals surface area contributed by atoms with Crippen LogP contribution in [-0.4, -0.2) is 20.4 Å². The Kier molecular flexibility index (Phi) is 4.01. The van der Waals surface area contributed by atoms with Crippen LogP contribution >= 0.6 is 12.4 Å². The normalized spacial score (nSPS) is 10.5. The van der Waals surface area contributed by atoms with Gasteiger partial charge < -0.3 is 11.5 Å². The molecule has 0 spiro atoms. The zero-order valence-electron chi connectivity index (χ0n) is 11.6. The van der Waals surface area contributed by atoms with Crippen LogP contribution in [0.25, 0.3) is 16.6 Å². The molecule has 0 radical (unpaired) electrons. The Morgan fingerprint density at radius 1 is 1.32 bits per heavy atom. The molecule has 2 aromatic heterocycles. The number of ketones is 1. The van der Waals surface area contributed by atoms with Crippen molar-refractivity contribution in [1.82, 2.24) is 14.6 Å². The average Bonchev–Trinajstić information content (AvgIpc) is 2.83. The number of fused-ring (bicyclic) bond motifs is 1. The summed E-state index contributed by atoms with van der Waals surface area (Å²) in [7, 11) is 0. The van der Waals surface area contributed by atoms with E-state index in [1.54, 1.807) is 12.3 Å². The summed E-state index contributed by atoms with van der Waals surface area (Å²) >= 11 is 0. The smallest absolute Gasteiger partial charge is 0.162 e. The van der Waals surface area contributed by atoms with E-state index in [1.807, 2.05) is 0 Å². The Morgan fingerprint density at radius 2 is 2.05 bits per heavy atom. The molecule has 0 unspecified atom stereocenters. The summed E-state index contributed by atoms with van der Waals surface area (Å²) in [5.41, 5.74) is 13.3. The lowest BCUT2D eigenvalue weighted by Crippen LogP contribution is -1.99. The maximum absolute atomic E-state index is 13.7. The number of carbonyl (C=O) groups excluding carboxylic acids is 1. The van der Waals surface area contributed by atoms with E-state index < -0.39 is 5.82 Å². The van der Waals surface area contributed by atoms with E-state index in [9.17, 15) is 9.18 Å². The third-order valence-electron chi connectivity index (χ3n) is 3.27. The lowest BCUT2D eigenvalue weighted by molar-refractivity contribution is 0.101. The van der Waals surface area contributed by atoms with Gasteiger partial charge >= 0.3 is 0 Å². The van der Waals surface area contributed by atoms with E-state index in [0.717, 1.165) is 0 Å². The van der Waals surface area contributed by atoms with E-state index in [0.29, 0.717) is 22.2 Å². The van der Waals surface area contributed by atoms with Gasteiger partial charge in [-0.25, -0.2) is 13.9 Å². The summed E-state index contributed by atoms with van der Waals surface area (Å²) in [6.45, 7) is 1.43. The third kappa shape index (κ3) is 2.35. The first-order valence-corrected chi connectivity index (χ1v) is 6.17. The van der Waals surface area contributed by atoms with Crippen LogP contribution in [0.1, 0.15) is 17.3 Å². The number of nitrogen functional groups attached to an aromatic ring is 2. The van der Waals surface area contributed by atoms with E-state index in [4.69, 9.17) is 11.5 Å². The molecule has 0 aliphatic carbocycles. The number of halogens is 2. The largest absolute Gasteiger partial charge is 0.396 e. The number of aromatic nitrogens is 3. The van der Waals surface area contributed by atoms with Crippen molar-refractivity contribution in [3.05, 3.63) is 42.1 Å². The topological polar surface area (TPSA) is 99.3 Å². The van der Waals surface area contributed by atoms with Crippen LogP contribution in [0.3, 0.4) is 0 Å². The van der Waals surface area contributed by atoms with Crippen molar-refractivity contribution in [3.8, 4) is 11.1 Å². The predicted octanol–water partition coefficient (Wildman–Crippen LogP) is 2.32. The van der Waals surface area contributed by atoms with Crippen molar-refractivity contribution in [2.45, 2.75) is 6.92 Å². The number of benzene rings is 1. The fourth-order valence-corrected chi connectivity index (χ4v) is 2.28. The molecule has 0 aliphatic heterocycles. The molecule has 0 fully saturated rings. The molecule has 3 aromatic rings. The van der Waals surface area contributed by atoms with Gasteiger partial charge in [-0.15, -0.1) is 12.4 Å². The van der Waals surface area contributed by atoms with Crippen LogP contribution < -0.4 is 11.5 Å². The van der Waals surface area contributed by atoms with Gasteiger partial charge in [0.2, 0.25) is 0 Å². The highest BCUT2D eigenvalue weighted by atomic mass is 35.5. The van der Waals surface area contributed by atoms with Gasteiger partial charge in [0.05, 0.1) is 5.69 Å². The maximum Gasteiger partial charge on any atom is 0.162 e. The van der Waals surface area contributed by atoms with Crippen LogP contribution in [0.5, 0.6) is 0 Å². The number of nitrogens with two attached hydrogens (primary N) is 2. The highest BCUT2D eigenvalue weighted by Crippen LogP contribution is 2.33. The number of nitrogens with zero attached hydrogens (tertiary/aromatic N) is 3. The van der Waals surface area contributed by atoms with Crippen molar-refractivity contribution in [2.75, 3.05) is 11.5 Å². The first-order chi connectivity index (χ1) is 9.99. The monoisotopic (exact) mass is 321 g/mol. The Hall–Kier alpha value is -2.67. The van der Waals surface area contributed by atoms with E-state index in [-0.39, 0.29) is 29.7 Å². The van der Waals surface area contributed by atoms with Gasteiger partial charge in [-0.05, 0) is 24.6 Å². The lowest BCUT2D eigenvalue weighted by atomic mass is 10.00. The van der Waals surface area contributed by atoms with Crippen molar-refractivity contribution >= 4 is 35.2 Å². The summed E-state index contributed by atoms with van der Waals surface area (Å²) < 4.78 is 15.2. The van der Waals surface area contributed by atoms with Gasteiger partial charge in [0.15, 0.2) is 11.6 Å². The zero-order chi connectivity index (χ0) is 15.1. The number of carbonyl (C=O) groups is 1. The van der Waals surface area contributed by atoms with Gasteiger partial charge in [-0.1, -0.05) is 6.07 Å². The molecule has 0 atom stereocenters. The van der Waals surface area contributed by atoms with Crippen molar-refractivity contribution in [2.24, 2.45) is 0 Å². The molecule has 0 saturated carbocycles. The van der Waals surface area contributed by atoms with Crippen LogP contribution in [0, 0.1) is 5.82 Å². The van der Waals surface area contributed by atoms with E-state index in [2.05, 4.69) is 10.1 Å². The molecule has 114 valence electrons. The number of anilines is 2. The second-order valence-corrected chi connectivity index (χ2v) is 4.65. The van der Waals surface area contributed by atoms with Crippen LogP contribution in [0.15, 0.2) is 30.7 Å². The van der Waals surface area contributed by atoms with Gasteiger partial charge in [0.25, 0.3) is 0 Å². The number of Topliss-reactive ketones (excluding diaryl/α,β-unsaturated/α-hetero) is 1. The minimum absolute atomic E-state index is 0. The Morgan fingerprint density at radius 3 is 2.68 bits per heavy atom. The second kappa shape index (κ2) is 5.61. The molecule has 1 aromatic carbocycles. The van der Waals surface area contributed by atoms with Crippen molar-refractivity contribution < 1.29 is 9.18 Å². The fraction of sp³-hybridized carbons (Fsp3) is 0.0714. The second-order valence-electron chi connectivity index (χ2n) is 4.65. The fourth-order valence-electron chi connectivity index (χ4n) is 2.28. The molecular formula is C14H13ClFN5O. The summed E-state index contributed by atoms with van der Waals surface area (Å²) in [6.07, 6.45) is 2.85. The van der Waals surface area contributed by atoms with Gasteiger partial charge in [0, 0.05) is 17.3 Å². The summed E-state index contributed by atoms with van der Waals surface area (Å²) in [5, 5.41) is 4.03. The molecule has 2 heterocycles. The maximum atomic E-state index is 13.7. The van der Waals surface area contributed by atoms with Crippen LogP contribution in [-0.2, 0) is 0 Å². The first kappa shape index (κ1) is 15.7. The average molecular weight is 322 g/mol. The number of hydrogen-bond donors (Lipinski definition) is 2. The molecule has 8 heteroatoms. The van der Waals surface area contributed by atoms with E-state index in [1.165, 1.54) is 29.9 Å². The first-order valence-electron chi connectivity index (χ1n) is 6.17. The highest BCUT2D eigenvalue weighted by molar-refractivity contribution is 6.07. The molecule has 0 aliphatic rings. The van der Waals surface area contributed by atoms with Gasteiger partial charge in [0.1, 0.15) is 17.7 Å².